The SMILES string of the molecule is CC(C)(NS(=O)(=O)c1ccc(Oc2ccc(F)cc2)cc1)C(=O)NO.CC(C)(NS(=O)(=O)c1ccc(Oc2ccc(F)cc2)cc1)C(=O)NO. The van der Waals surface area contributed by atoms with Gasteiger partial charge in [-0.05, 0) is 125 Å². The van der Waals surface area contributed by atoms with Crippen molar-refractivity contribution in [3.63, 3.8) is 0 Å². The van der Waals surface area contributed by atoms with E-state index in [0.29, 0.717) is 23.0 Å². The number of carbonyl (C=O) groups excluding carboxylic acids is 2. The Hall–Kier alpha value is -4.98. The number of nitrogens with one attached hydrogen (secondary N) is 4. The van der Waals surface area contributed by atoms with Gasteiger partial charge in [0.05, 0.1) is 9.79 Å². The fraction of sp³-hybridized carbons (Fsp3) is 0.188. The van der Waals surface area contributed by atoms with Gasteiger partial charge in [0.2, 0.25) is 20.0 Å². The summed E-state index contributed by atoms with van der Waals surface area (Å²) < 4.78 is 90.3. The van der Waals surface area contributed by atoms with Crippen LogP contribution in [-0.2, 0) is 29.6 Å². The highest BCUT2D eigenvalue weighted by molar-refractivity contribution is 7.89. The van der Waals surface area contributed by atoms with Crippen molar-refractivity contribution < 1.29 is 55.1 Å². The number of hydrogen-bond donors (Lipinski definition) is 6. The van der Waals surface area contributed by atoms with Crippen molar-refractivity contribution in [3.8, 4) is 23.0 Å². The zero-order valence-electron chi connectivity index (χ0n) is 27.0. The molecule has 0 atom stereocenters. The lowest BCUT2D eigenvalue weighted by molar-refractivity contribution is -0.134. The summed E-state index contributed by atoms with van der Waals surface area (Å²) in [7, 11) is -7.99. The third-order valence-electron chi connectivity index (χ3n) is 6.48. The summed E-state index contributed by atoms with van der Waals surface area (Å²) in [6.45, 7) is 5.23. The molecule has 4 rings (SSSR count). The lowest BCUT2D eigenvalue weighted by atomic mass is 10.1. The van der Waals surface area contributed by atoms with Gasteiger partial charge in [-0.1, -0.05) is 0 Å². The molecule has 0 aliphatic rings. The summed E-state index contributed by atoms with van der Waals surface area (Å²) in [5.41, 5.74) is -0.275. The number of hydrogen-bond acceptors (Lipinski definition) is 10. The highest BCUT2D eigenvalue weighted by atomic mass is 32.2. The summed E-state index contributed by atoms with van der Waals surface area (Å²) in [6, 6.07) is 21.6. The van der Waals surface area contributed by atoms with Crippen LogP contribution in [0.25, 0.3) is 0 Å². The molecule has 0 saturated heterocycles. The summed E-state index contributed by atoms with van der Waals surface area (Å²) in [4.78, 5) is 22.8. The highest BCUT2D eigenvalue weighted by Gasteiger charge is 2.34. The van der Waals surface area contributed by atoms with Crippen LogP contribution in [0.5, 0.6) is 23.0 Å². The molecular formula is C32H34F2N4O10S2. The number of rotatable bonds is 12. The predicted molar refractivity (Wildman–Crippen MR) is 174 cm³/mol. The molecule has 0 aliphatic carbocycles. The summed E-state index contributed by atoms with van der Waals surface area (Å²) in [6.07, 6.45) is 0. The maximum Gasteiger partial charge on any atom is 0.264 e. The molecule has 2 amide bonds. The van der Waals surface area contributed by atoms with Crippen molar-refractivity contribution in [2.75, 3.05) is 0 Å². The number of ether oxygens (including phenoxy) is 2. The van der Waals surface area contributed by atoms with Gasteiger partial charge >= 0.3 is 0 Å². The molecule has 0 aromatic heterocycles. The van der Waals surface area contributed by atoms with Crippen molar-refractivity contribution in [3.05, 3.63) is 109 Å². The normalized spacial score (nSPS) is 11.8. The number of amides is 2. The van der Waals surface area contributed by atoms with Crippen LogP contribution in [0.3, 0.4) is 0 Å². The van der Waals surface area contributed by atoms with Gasteiger partial charge in [0, 0.05) is 0 Å². The largest absolute Gasteiger partial charge is 0.457 e. The van der Waals surface area contributed by atoms with E-state index in [1.807, 2.05) is 0 Å². The monoisotopic (exact) mass is 736 g/mol. The molecule has 6 N–H and O–H groups in total. The quantitative estimate of drug-likeness (QED) is 0.0894. The molecule has 0 fully saturated rings. The first-order valence-electron chi connectivity index (χ1n) is 14.3. The van der Waals surface area contributed by atoms with Crippen molar-refractivity contribution >= 4 is 31.9 Å². The van der Waals surface area contributed by atoms with Crippen LogP contribution in [0.4, 0.5) is 8.78 Å². The van der Waals surface area contributed by atoms with E-state index in [-0.39, 0.29) is 9.79 Å². The Morgan fingerprint density at radius 3 is 1.00 bits per heavy atom. The van der Waals surface area contributed by atoms with Gasteiger partial charge < -0.3 is 9.47 Å². The van der Waals surface area contributed by atoms with Gasteiger partial charge in [-0.25, -0.2) is 36.6 Å². The average molecular weight is 737 g/mol. The van der Waals surface area contributed by atoms with Gasteiger partial charge in [0.15, 0.2) is 0 Å². The number of carbonyl (C=O) groups is 2. The molecule has 268 valence electrons. The van der Waals surface area contributed by atoms with E-state index in [1.54, 1.807) is 0 Å². The van der Waals surface area contributed by atoms with Gasteiger partial charge in [0.1, 0.15) is 45.7 Å². The number of halogens is 2. The molecular weight excluding hydrogens is 703 g/mol. The van der Waals surface area contributed by atoms with E-state index in [1.165, 1.54) is 136 Å². The van der Waals surface area contributed by atoms with E-state index in [0.717, 1.165) is 0 Å². The summed E-state index contributed by atoms with van der Waals surface area (Å²) in [5, 5.41) is 17.3. The van der Waals surface area contributed by atoms with E-state index in [4.69, 9.17) is 19.9 Å². The topological polar surface area (TPSA) is 209 Å². The molecule has 4 aromatic carbocycles. The first-order valence-corrected chi connectivity index (χ1v) is 17.3. The summed E-state index contributed by atoms with van der Waals surface area (Å²) in [5.74, 6) is -1.06. The minimum absolute atomic E-state index is 0.0854. The van der Waals surface area contributed by atoms with Gasteiger partial charge in [0.25, 0.3) is 11.8 Å². The Morgan fingerprint density at radius 1 is 0.520 bits per heavy atom. The number of benzene rings is 4. The van der Waals surface area contributed by atoms with Crippen molar-refractivity contribution in [1.82, 2.24) is 20.4 Å². The fourth-order valence-corrected chi connectivity index (χ4v) is 6.57. The van der Waals surface area contributed by atoms with E-state index >= 15 is 0 Å². The molecule has 0 saturated carbocycles. The lowest BCUT2D eigenvalue weighted by Crippen LogP contribution is -2.53. The van der Waals surface area contributed by atoms with Crippen molar-refractivity contribution in [1.29, 1.82) is 0 Å². The van der Waals surface area contributed by atoms with Crippen LogP contribution >= 0.6 is 0 Å². The average Bonchev–Trinajstić information content (AvgIpc) is 3.06. The third-order valence-corrected chi connectivity index (χ3v) is 9.83. The molecule has 0 radical (unpaired) electrons. The molecule has 0 heterocycles. The first-order chi connectivity index (χ1) is 23.3. The molecule has 14 nitrogen and oxygen atoms in total. The number of sulfonamides is 2. The maximum absolute atomic E-state index is 12.9. The fourth-order valence-electron chi connectivity index (χ4n) is 3.81. The zero-order chi connectivity index (χ0) is 37.3. The minimum atomic E-state index is -4.00. The highest BCUT2D eigenvalue weighted by Crippen LogP contribution is 2.25. The lowest BCUT2D eigenvalue weighted by Gasteiger charge is -2.23. The molecule has 4 aromatic rings. The molecule has 0 bridgehead atoms. The van der Waals surface area contributed by atoms with Crippen LogP contribution in [0.1, 0.15) is 27.7 Å². The second kappa shape index (κ2) is 16.2. The molecule has 50 heavy (non-hydrogen) atoms. The second-order valence-electron chi connectivity index (χ2n) is 11.4. The van der Waals surface area contributed by atoms with Gasteiger partial charge in [-0.3, -0.25) is 20.0 Å². The Labute approximate surface area is 287 Å². The maximum atomic E-state index is 12.9. The standard InChI is InChI=1S/2C16H17FN2O5S/c2*1-16(2,15(20)18-21)19-25(22,23)14-9-7-13(8-10-14)24-12-5-3-11(17)4-6-12/h2*3-10,19,21H,1-2H3,(H,18,20). The van der Waals surface area contributed by atoms with Crippen molar-refractivity contribution in [2.45, 2.75) is 48.6 Å². The molecule has 0 spiro atoms. The summed E-state index contributed by atoms with van der Waals surface area (Å²) >= 11 is 0. The van der Waals surface area contributed by atoms with Crippen LogP contribution in [0.2, 0.25) is 0 Å². The van der Waals surface area contributed by atoms with Crippen LogP contribution < -0.4 is 29.9 Å². The molecule has 0 aliphatic heterocycles. The number of hydroxylamine groups is 2. The zero-order valence-corrected chi connectivity index (χ0v) is 28.6. The Bertz CT molecular complexity index is 1850. The van der Waals surface area contributed by atoms with Gasteiger partial charge in [-0.2, -0.15) is 9.44 Å². The van der Waals surface area contributed by atoms with Crippen LogP contribution in [0.15, 0.2) is 107 Å². The Balaban J connectivity index is 0.000000270. The Kier molecular flexibility index (Phi) is 12.7. The second-order valence-corrected chi connectivity index (χ2v) is 14.8. The van der Waals surface area contributed by atoms with E-state index in [2.05, 4.69) is 9.44 Å². The minimum Gasteiger partial charge on any atom is -0.457 e. The molecule has 18 heteroatoms. The smallest absolute Gasteiger partial charge is 0.264 e. The van der Waals surface area contributed by atoms with Crippen molar-refractivity contribution in [2.24, 2.45) is 0 Å². The molecule has 0 unspecified atom stereocenters. The third kappa shape index (κ3) is 11.0. The predicted octanol–water partition coefficient (Wildman–Crippen LogP) is 4.36. The first kappa shape index (κ1) is 39.5. The van der Waals surface area contributed by atoms with E-state index in [9.17, 15) is 35.2 Å². The van der Waals surface area contributed by atoms with Gasteiger partial charge in [-0.15, -0.1) is 0 Å². The van der Waals surface area contributed by atoms with E-state index < -0.39 is 54.6 Å². The van der Waals surface area contributed by atoms with Crippen LogP contribution in [0, 0.1) is 11.6 Å². The Morgan fingerprint density at radius 2 is 0.760 bits per heavy atom. The van der Waals surface area contributed by atoms with Crippen LogP contribution in [-0.4, -0.2) is 50.1 Å².